The third-order valence-corrected chi connectivity index (χ3v) is 6.02. The summed E-state index contributed by atoms with van der Waals surface area (Å²) in [5.41, 5.74) is 0. The van der Waals surface area contributed by atoms with Crippen LogP contribution >= 0.6 is 0 Å². The van der Waals surface area contributed by atoms with Gasteiger partial charge < -0.3 is 24.8 Å². The average molecular weight is 429 g/mol. The largest absolute Gasteiger partial charge is 0.394 e. The standard InChI is InChI=1S/C25H48O5/c1-2-3-4-5-6-7-8-9-10-11-12-13-14-15-16-17-18-19-29-23-21-30-22(20-26)24(27)25(23)28/h3-4,22-28H,2,5-21H2,1H3/b4-3+/t22-,23+,24-,25-/m1/s1. The first kappa shape index (κ1) is 27.6. The van der Waals surface area contributed by atoms with Crippen molar-refractivity contribution in [1.82, 2.24) is 0 Å². The number of aliphatic hydroxyl groups is 3. The quantitative estimate of drug-likeness (QED) is 0.201. The lowest BCUT2D eigenvalue weighted by atomic mass is 10.0. The molecule has 1 aliphatic rings. The van der Waals surface area contributed by atoms with Crippen LogP contribution in [0.3, 0.4) is 0 Å². The molecule has 1 aliphatic heterocycles. The average Bonchev–Trinajstić information content (AvgIpc) is 2.75. The minimum atomic E-state index is -1.08. The molecule has 4 atom stereocenters. The van der Waals surface area contributed by atoms with Gasteiger partial charge in [0, 0.05) is 6.61 Å². The van der Waals surface area contributed by atoms with E-state index in [9.17, 15) is 10.2 Å². The first-order valence-electron chi connectivity index (χ1n) is 12.6. The highest BCUT2D eigenvalue weighted by Gasteiger charge is 2.38. The third kappa shape index (κ3) is 13.1. The second-order valence-electron chi connectivity index (χ2n) is 8.71. The summed E-state index contributed by atoms with van der Waals surface area (Å²) in [5.74, 6) is 0. The number of rotatable bonds is 19. The Morgan fingerprint density at radius 3 is 1.83 bits per heavy atom. The van der Waals surface area contributed by atoms with Gasteiger partial charge in [0.05, 0.1) is 13.2 Å². The smallest absolute Gasteiger partial charge is 0.111 e. The number of aliphatic hydroxyl groups excluding tert-OH is 3. The molecular weight excluding hydrogens is 380 g/mol. The molecule has 0 radical (unpaired) electrons. The lowest BCUT2D eigenvalue weighted by molar-refractivity contribution is -0.208. The van der Waals surface area contributed by atoms with Crippen molar-refractivity contribution in [2.75, 3.05) is 19.8 Å². The van der Waals surface area contributed by atoms with Gasteiger partial charge in [-0.05, 0) is 25.7 Å². The van der Waals surface area contributed by atoms with Crippen LogP contribution in [0.15, 0.2) is 12.2 Å². The van der Waals surface area contributed by atoms with E-state index in [1.165, 1.54) is 77.0 Å². The molecule has 0 saturated carbocycles. The fraction of sp³-hybridized carbons (Fsp3) is 0.920. The molecule has 0 aromatic carbocycles. The summed E-state index contributed by atoms with van der Waals surface area (Å²) in [6, 6.07) is 0. The van der Waals surface area contributed by atoms with E-state index in [0.717, 1.165) is 19.3 Å². The molecule has 0 aliphatic carbocycles. The Kier molecular flexibility index (Phi) is 17.7. The zero-order valence-corrected chi connectivity index (χ0v) is 19.4. The van der Waals surface area contributed by atoms with Crippen LogP contribution in [0, 0.1) is 0 Å². The van der Waals surface area contributed by atoms with E-state index in [1.54, 1.807) is 0 Å². The summed E-state index contributed by atoms with van der Waals surface area (Å²) in [5, 5.41) is 28.9. The van der Waals surface area contributed by atoms with Crippen molar-refractivity contribution in [3.05, 3.63) is 12.2 Å². The van der Waals surface area contributed by atoms with Gasteiger partial charge in [-0.25, -0.2) is 0 Å². The van der Waals surface area contributed by atoms with Crippen LogP contribution in [0.4, 0.5) is 0 Å². The lowest BCUT2D eigenvalue weighted by Crippen LogP contribution is -2.55. The maximum absolute atomic E-state index is 10.0. The van der Waals surface area contributed by atoms with Crippen LogP contribution in [0.25, 0.3) is 0 Å². The van der Waals surface area contributed by atoms with E-state index in [0.29, 0.717) is 6.61 Å². The van der Waals surface area contributed by atoms with Crippen LogP contribution < -0.4 is 0 Å². The maximum atomic E-state index is 10.0. The van der Waals surface area contributed by atoms with Crippen molar-refractivity contribution < 1.29 is 24.8 Å². The minimum absolute atomic E-state index is 0.222. The summed E-state index contributed by atoms with van der Waals surface area (Å²) >= 11 is 0. The summed E-state index contributed by atoms with van der Waals surface area (Å²) < 4.78 is 11.0. The predicted molar refractivity (Wildman–Crippen MR) is 123 cm³/mol. The van der Waals surface area contributed by atoms with Crippen molar-refractivity contribution in [3.63, 3.8) is 0 Å². The Labute approximate surface area is 184 Å². The molecule has 0 amide bonds. The molecule has 0 aromatic rings. The maximum Gasteiger partial charge on any atom is 0.111 e. The predicted octanol–water partition coefficient (Wildman–Crippen LogP) is 4.91. The van der Waals surface area contributed by atoms with Crippen LogP contribution in [0.1, 0.15) is 103 Å². The van der Waals surface area contributed by atoms with Gasteiger partial charge in [-0.3, -0.25) is 0 Å². The summed E-state index contributed by atoms with van der Waals surface area (Å²) in [6.07, 6.45) is 20.7. The molecule has 0 bridgehead atoms. The van der Waals surface area contributed by atoms with Crippen LogP contribution in [-0.2, 0) is 9.47 Å². The molecule has 1 rings (SSSR count). The molecule has 1 fully saturated rings. The second kappa shape index (κ2) is 19.2. The van der Waals surface area contributed by atoms with Gasteiger partial charge in [0.2, 0.25) is 0 Å². The fourth-order valence-electron chi connectivity index (χ4n) is 3.99. The van der Waals surface area contributed by atoms with Crippen LogP contribution in [0.5, 0.6) is 0 Å². The molecule has 5 heteroatoms. The van der Waals surface area contributed by atoms with Crippen LogP contribution in [0.2, 0.25) is 0 Å². The Morgan fingerprint density at radius 2 is 1.30 bits per heavy atom. The van der Waals surface area contributed by atoms with E-state index in [2.05, 4.69) is 19.1 Å². The summed E-state index contributed by atoms with van der Waals surface area (Å²) in [7, 11) is 0. The highest BCUT2D eigenvalue weighted by atomic mass is 16.6. The van der Waals surface area contributed by atoms with Crippen molar-refractivity contribution >= 4 is 0 Å². The Balaban J connectivity index is 1.79. The highest BCUT2D eigenvalue weighted by molar-refractivity contribution is 4.87. The van der Waals surface area contributed by atoms with E-state index in [4.69, 9.17) is 14.6 Å². The summed E-state index contributed by atoms with van der Waals surface area (Å²) in [6.45, 7) is 2.70. The Morgan fingerprint density at radius 1 is 0.767 bits per heavy atom. The SMILES string of the molecule is CC/C=C/CCCCCCCCCCCCCCCO[C@H]1CO[C@H](CO)[C@@H](O)[C@@H]1O. The minimum Gasteiger partial charge on any atom is -0.394 e. The number of hydrogen-bond acceptors (Lipinski definition) is 5. The van der Waals surface area contributed by atoms with Gasteiger partial charge in [0.1, 0.15) is 24.4 Å². The van der Waals surface area contributed by atoms with Crippen molar-refractivity contribution in [2.24, 2.45) is 0 Å². The highest BCUT2D eigenvalue weighted by Crippen LogP contribution is 2.18. The Hall–Kier alpha value is -0.460. The number of hydrogen-bond donors (Lipinski definition) is 3. The van der Waals surface area contributed by atoms with Gasteiger partial charge in [-0.2, -0.15) is 0 Å². The summed E-state index contributed by atoms with van der Waals surface area (Å²) in [4.78, 5) is 0. The zero-order chi connectivity index (χ0) is 21.9. The molecule has 0 spiro atoms. The normalized spacial score (nSPS) is 24.7. The molecule has 0 unspecified atom stereocenters. The van der Waals surface area contributed by atoms with Crippen molar-refractivity contribution in [1.29, 1.82) is 0 Å². The Bertz CT molecular complexity index is 401. The number of allylic oxidation sites excluding steroid dienone is 2. The van der Waals surface area contributed by atoms with Gasteiger partial charge in [-0.1, -0.05) is 89.7 Å². The van der Waals surface area contributed by atoms with E-state index >= 15 is 0 Å². The molecule has 178 valence electrons. The van der Waals surface area contributed by atoms with E-state index in [1.807, 2.05) is 0 Å². The number of unbranched alkanes of at least 4 members (excludes halogenated alkanes) is 13. The van der Waals surface area contributed by atoms with E-state index in [-0.39, 0.29) is 13.2 Å². The van der Waals surface area contributed by atoms with Gasteiger partial charge in [0.15, 0.2) is 0 Å². The molecule has 1 saturated heterocycles. The molecule has 30 heavy (non-hydrogen) atoms. The molecule has 1 heterocycles. The molecule has 5 nitrogen and oxygen atoms in total. The van der Waals surface area contributed by atoms with Gasteiger partial charge >= 0.3 is 0 Å². The monoisotopic (exact) mass is 428 g/mol. The zero-order valence-electron chi connectivity index (χ0n) is 19.4. The first-order chi connectivity index (χ1) is 14.7. The third-order valence-electron chi connectivity index (χ3n) is 6.02. The molecule has 3 N–H and O–H groups in total. The topological polar surface area (TPSA) is 79.2 Å². The van der Waals surface area contributed by atoms with Gasteiger partial charge in [0.25, 0.3) is 0 Å². The number of ether oxygens (including phenoxy) is 2. The van der Waals surface area contributed by atoms with E-state index < -0.39 is 24.4 Å². The molecular formula is C25H48O5. The lowest BCUT2D eigenvalue weighted by Gasteiger charge is -2.36. The first-order valence-corrected chi connectivity index (χ1v) is 12.6. The van der Waals surface area contributed by atoms with Gasteiger partial charge in [-0.15, -0.1) is 0 Å². The molecule has 0 aromatic heterocycles. The van der Waals surface area contributed by atoms with Crippen LogP contribution in [-0.4, -0.2) is 59.6 Å². The van der Waals surface area contributed by atoms with Crippen molar-refractivity contribution in [2.45, 2.75) is 128 Å². The fourth-order valence-corrected chi connectivity index (χ4v) is 3.99. The van der Waals surface area contributed by atoms with Crippen molar-refractivity contribution in [3.8, 4) is 0 Å². The second-order valence-corrected chi connectivity index (χ2v) is 8.71.